The largest absolute Gasteiger partial charge is 0.469 e. The Bertz CT molecular complexity index is 586. The molecule has 4 atom stereocenters. The lowest BCUT2D eigenvalue weighted by molar-refractivity contribution is -0.150. The van der Waals surface area contributed by atoms with E-state index < -0.39 is 0 Å². The van der Waals surface area contributed by atoms with E-state index in [0.29, 0.717) is 18.0 Å². The van der Waals surface area contributed by atoms with E-state index in [4.69, 9.17) is 4.74 Å². The van der Waals surface area contributed by atoms with Gasteiger partial charge in [0.1, 0.15) is 0 Å². The van der Waals surface area contributed by atoms with Crippen LogP contribution < -0.4 is 0 Å². The minimum absolute atomic E-state index is 0.0251. The Morgan fingerprint density at radius 2 is 2.00 bits per heavy atom. The van der Waals surface area contributed by atoms with Crippen LogP contribution in [0, 0.1) is 15.4 Å². The maximum atomic E-state index is 12.7. The SMILES string of the molecule is COC(=O)C1C(c2ccc(I)cc2)CC2CCC1N2CCCC(C)C. The number of nitrogens with zero attached hydrogens (tertiary/aromatic N) is 1. The van der Waals surface area contributed by atoms with Crippen molar-refractivity contribution >= 4 is 28.6 Å². The predicted molar refractivity (Wildman–Crippen MR) is 110 cm³/mol. The number of carbonyl (C=O) groups excluding carboxylic acids is 1. The summed E-state index contributed by atoms with van der Waals surface area (Å²) in [6, 6.07) is 9.69. The smallest absolute Gasteiger partial charge is 0.310 e. The average molecular weight is 455 g/mol. The van der Waals surface area contributed by atoms with Gasteiger partial charge in [-0.05, 0) is 84.9 Å². The van der Waals surface area contributed by atoms with Gasteiger partial charge in [0.25, 0.3) is 0 Å². The van der Waals surface area contributed by atoms with E-state index in [2.05, 4.69) is 65.6 Å². The van der Waals surface area contributed by atoms with Crippen LogP contribution in [0.3, 0.4) is 0 Å². The highest BCUT2D eigenvalue weighted by molar-refractivity contribution is 14.1. The van der Waals surface area contributed by atoms with Crippen LogP contribution in [0.5, 0.6) is 0 Å². The fourth-order valence-corrected chi connectivity index (χ4v) is 5.21. The van der Waals surface area contributed by atoms with Crippen LogP contribution in [0.15, 0.2) is 24.3 Å². The topological polar surface area (TPSA) is 29.5 Å². The molecular formula is C21H30INO2. The van der Waals surface area contributed by atoms with E-state index in [-0.39, 0.29) is 11.9 Å². The number of esters is 1. The molecule has 4 heteroatoms. The Labute approximate surface area is 165 Å². The standard InChI is InChI=1S/C21H30INO2/c1-14(2)5-4-12-23-17-10-11-19(23)20(21(24)25-3)18(13-17)15-6-8-16(22)9-7-15/h6-9,14,17-20H,4-5,10-13H2,1-3H3. The lowest BCUT2D eigenvalue weighted by Crippen LogP contribution is -2.51. The minimum atomic E-state index is -0.0252. The highest BCUT2D eigenvalue weighted by Gasteiger charge is 2.50. The molecule has 138 valence electrons. The van der Waals surface area contributed by atoms with Crippen LogP contribution in [0.2, 0.25) is 0 Å². The van der Waals surface area contributed by atoms with Crippen LogP contribution in [0.25, 0.3) is 0 Å². The van der Waals surface area contributed by atoms with Gasteiger partial charge < -0.3 is 4.74 Å². The van der Waals surface area contributed by atoms with Crippen molar-refractivity contribution in [1.29, 1.82) is 0 Å². The molecule has 0 spiro atoms. The number of ether oxygens (including phenoxy) is 1. The second-order valence-corrected chi connectivity index (χ2v) is 9.26. The van der Waals surface area contributed by atoms with Gasteiger partial charge in [-0.3, -0.25) is 9.69 Å². The number of halogens is 1. The number of piperidine rings is 1. The monoisotopic (exact) mass is 455 g/mol. The molecule has 3 nitrogen and oxygen atoms in total. The van der Waals surface area contributed by atoms with Gasteiger partial charge in [-0.2, -0.15) is 0 Å². The second kappa shape index (κ2) is 8.38. The quantitative estimate of drug-likeness (QED) is 0.454. The summed E-state index contributed by atoms with van der Waals surface area (Å²) in [6.07, 6.45) is 5.93. The fraction of sp³-hybridized carbons (Fsp3) is 0.667. The maximum absolute atomic E-state index is 12.7. The van der Waals surface area contributed by atoms with E-state index in [1.807, 2.05) is 0 Å². The summed E-state index contributed by atoms with van der Waals surface area (Å²) in [5, 5.41) is 0. The molecule has 0 amide bonds. The van der Waals surface area contributed by atoms with E-state index in [0.717, 1.165) is 25.3 Å². The molecule has 1 aromatic carbocycles. The number of carbonyl (C=O) groups is 1. The zero-order valence-electron chi connectivity index (χ0n) is 15.6. The molecule has 2 aliphatic rings. The Balaban J connectivity index is 1.80. The van der Waals surface area contributed by atoms with Crippen molar-refractivity contribution in [2.75, 3.05) is 13.7 Å². The lowest BCUT2D eigenvalue weighted by atomic mass is 9.76. The Kier molecular flexibility index (Phi) is 6.42. The summed E-state index contributed by atoms with van der Waals surface area (Å²) in [6.45, 7) is 5.70. The van der Waals surface area contributed by atoms with Gasteiger partial charge in [-0.1, -0.05) is 26.0 Å². The predicted octanol–water partition coefficient (Wildman–Crippen LogP) is 4.84. The van der Waals surface area contributed by atoms with Crippen molar-refractivity contribution in [3.63, 3.8) is 0 Å². The molecule has 2 aliphatic heterocycles. The first-order valence-electron chi connectivity index (χ1n) is 9.60. The first kappa shape index (κ1) is 19.2. The molecule has 2 bridgehead atoms. The van der Waals surface area contributed by atoms with Crippen molar-refractivity contribution in [3.8, 4) is 0 Å². The van der Waals surface area contributed by atoms with Gasteiger partial charge in [0.2, 0.25) is 0 Å². The third kappa shape index (κ3) is 4.21. The summed E-state index contributed by atoms with van der Waals surface area (Å²) in [5.41, 5.74) is 1.30. The molecule has 0 radical (unpaired) electrons. The molecule has 0 N–H and O–H groups in total. The molecule has 3 rings (SSSR count). The van der Waals surface area contributed by atoms with Gasteiger partial charge >= 0.3 is 5.97 Å². The van der Waals surface area contributed by atoms with Gasteiger partial charge in [0.05, 0.1) is 13.0 Å². The zero-order valence-corrected chi connectivity index (χ0v) is 17.7. The van der Waals surface area contributed by atoms with Crippen molar-refractivity contribution in [1.82, 2.24) is 4.90 Å². The van der Waals surface area contributed by atoms with Crippen molar-refractivity contribution < 1.29 is 9.53 Å². The molecule has 0 aromatic heterocycles. The number of hydrogen-bond donors (Lipinski definition) is 0. The van der Waals surface area contributed by atoms with Gasteiger partial charge in [-0.15, -0.1) is 0 Å². The Morgan fingerprint density at radius 1 is 1.28 bits per heavy atom. The normalized spacial score (nSPS) is 29.2. The molecule has 0 saturated carbocycles. The zero-order chi connectivity index (χ0) is 18.0. The maximum Gasteiger partial charge on any atom is 0.310 e. The number of methoxy groups -OCH3 is 1. The summed E-state index contributed by atoms with van der Waals surface area (Å²) >= 11 is 2.34. The summed E-state index contributed by atoms with van der Waals surface area (Å²) < 4.78 is 6.48. The van der Waals surface area contributed by atoms with Crippen molar-refractivity contribution in [2.24, 2.45) is 11.8 Å². The summed E-state index contributed by atoms with van der Waals surface area (Å²) in [7, 11) is 1.54. The van der Waals surface area contributed by atoms with E-state index in [9.17, 15) is 4.79 Å². The summed E-state index contributed by atoms with van der Waals surface area (Å²) in [4.78, 5) is 15.3. The van der Waals surface area contributed by atoms with Crippen LogP contribution in [-0.2, 0) is 9.53 Å². The van der Waals surface area contributed by atoms with Crippen LogP contribution in [0.4, 0.5) is 0 Å². The third-order valence-electron chi connectivity index (χ3n) is 6.03. The number of hydrogen-bond acceptors (Lipinski definition) is 3. The van der Waals surface area contributed by atoms with Crippen LogP contribution in [-0.4, -0.2) is 36.6 Å². The molecule has 4 unspecified atom stereocenters. The number of fused-ring (bicyclic) bond motifs is 2. The lowest BCUT2D eigenvalue weighted by Gasteiger charge is -2.43. The second-order valence-electron chi connectivity index (χ2n) is 8.02. The van der Waals surface area contributed by atoms with E-state index >= 15 is 0 Å². The number of benzene rings is 1. The van der Waals surface area contributed by atoms with E-state index in [1.54, 1.807) is 0 Å². The molecule has 2 heterocycles. The fourth-order valence-electron chi connectivity index (χ4n) is 4.85. The highest BCUT2D eigenvalue weighted by Crippen LogP contribution is 2.47. The third-order valence-corrected chi connectivity index (χ3v) is 6.75. The molecule has 2 fully saturated rings. The first-order valence-corrected chi connectivity index (χ1v) is 10.7. The van der Waals surface area contributed by atoms with Gasteiger partial charge in [-0.25, -0.2) is 0 Å². The molecule has 25 heavy (non-hydrogen) atoms. The average Bonchev–Trinajstić information content (AvgIpc) is 2.86. The first-order chi connectivity index (χ1) is 12.0. The summed E-state index contributed by atoms with van der Waals surface area (Å²) in [5.74, 6) is 0.993. The van der Waals surface area contributed by atoms with Gasteiger partial charge in [0.15, 0.2) is 0 Å². The van der Waals surface area contributed by atoms with E-state index in [1.165, 1.54) is 35.5 Å². The van der Waals surface area contributed by atoms with Crippen LogP contribution in [0.1, 0.15) is 57.4 Å². The minimum Gasteiger partial charge on any atom is -0.469 e. The Hall–Kier alpha value is -0.620. The highest BCUT2D eigenvalue weighted by atomic mass is 127. The molecule has 0 aliphatic carbocycles. The van der Waals surface area contributed by atoms with Crippen molar-refractivity contribution in [2.45, 2.75) is 64.0 Å². The Morgan fingerprint density at radius 3 is 2.64 bits per heavy atom. The van der Waals surface area contributed by atoms with Crippen LogP contribution >= 0.6 is 22.6 Å². The molecule has 2 saturated heterocycles. The van der Waals surface area contributed by atoms with Gasteiger partial charge in [0, 0.05) is 21.6 Å². The molecule has 1 aromatic rings. The molecular weight excluding hydrogens is 425 g/mol. The van der Waals surface area contributed by atoms with Crippen molar-refractivity contribution in [3.05, 3.63) is 33.4 Å². The number of rotatable bonds is 6.